The number of phenolic OH excluding ortho intramolecular Hbond substituents is 1. The highest BCUT2D eigenvalue weighted by molar-refractivity contribution is 5.50. The van der Waals surface area contributed by atoms with Crippen LogP contribution < -0.4 is 5.32 Å². The summed E-state index contributed by atoms with van der Waals surface area (Å²) in [6.45, 7) is 2.80. The van der Waals surface area contributed by atoms with Crippen molar-refractivity contribution in [2.24, 2.45) is 0 Å². The lowest BCUT2D eigenvalue weighted by Crippen LogP contribution is -2.04. The first kappa shape index (κ1) is 11.5. The van der Waals surface area contributed by atoms with E-state index in [-0.39, 0.29) is 0 Å². The standard InChI is InChI=1S/C15H17NO/c1-12-11-14(7-8-15(12)17)16-10-9-13-5-3-2-4-6-13/h2-8,11,16-17H,9-10H2,1H3. The van der Waals surface area contributed by atoms with Gasteiger partial charge < -0.3 is 10.4 Å². The van der Waals surface area contributed by atoms with Gasteiger partial charge in [0.05, 0.1) is 0 Å². The van der Waals surface area contributed by atoms with Crippen molar-refractivity contribution in [3.05, 3.63) is 59.7 Å². The van der Waals surface area contributed by atoms with Gasteiger partial charge in [-0.2, -0.15) is 0 Å². The van der Waals surface area contributed by atoms with E-state index in [9.17, 15) is 5.11 Å². The van der Waals surface area contributed by atoms with Gasteiger partial charge in [-0.25, -0.2) is 0 Å². The zero-order valence-corrected chi connectivity index (χ0v) is 9.98. The number of aryl methyl sites for hydroxylation is 1. The molecule has 0 heterocycles. The third kappa shape index (κ3) is 3.25. The van der Waals surface area contributed by atoms with Crippen molar-refractivity contribution in [2.45, 2.75) is 13.3 Å². The van der Waals surface area contributed by atoms with Gasteiger partial charge in [-0.05, 0) is 42.7 Å². The second-order valence-corrected chi connectivity index (χ2v) is 4.16. The molecule has 0 fully saturated rings. The molecule has 0 aliphatic rings. The molecule has 2 aromatic carbocycles. The van der Waals surface area contributed by atoms with Crippen molar-refractivity contribution in [1.82, 2.24) is 0 Å². The zero-order valence-electron chi connectivity index (χ0n) is 9.98. The second-order valence-electron chi connectivity index (χ2n) is 4.16. The Balaban J connectivity index is 1.88. The Hall–Kier alpha value is -1.96. The van der Waals surface area contributed by atoms with Gasteiger partial charge in [-0.1, -0.05) is 30.3 Å². The molecule has 2 rings (SSSR count). The van der Waals surface area contributed by atoms with Crippen LogP contribution in [0.5, 0.6) is 5.75 Å². The van der Waals surface area contributed by atoms with E-state index in [1.54, 1.807) is 6.07 Å². The van der Waals surface area contributed by atoms with Crippen molar-refractivity contribution in [3.8, 4) is 5.75 Å². The fraction of sp³-hybridized carbons (Fsp3) is 0.200. The Kier molecular flexibility index (Phi) is 3.66. The van der Waals surface area contributed by atoms with Crippen molar-refractivity contribution < 1.29 is 5.11 Å². The van der Waals surface area contributed by atoms with Crippen molar-refractivity contribution >= 4 is 5.69 Å². The molecule has 88 valence electrons. The lowest BCUT2D eigenvalue weighted by atomic mass is 10.1. The Morgan fingerprint density at radius 1 is 1.06 bits per heavy atom. The molecular formula is C15H17NO. The third-order valence-electron chi connectivity index (χ3n) is 2.78. The molecular weight excluding hydrogens is 210 g/mol. The average molecular weight is 227 g/mol. The molecule has 2 N–H and O–H groups in total. The van der Waals surface area contributed by atoms with Crippen molar-refractivity contribution in [1.29, 1.82) is 0 Å². The number of nitrogens with one attached hydrogen (secondary N) is 1. The summed E-state index contributed by atoms with van der Waals surface area (Å²) in [6, 6.07) is 16.0. The number of aromatic hydroxyl groups is 1. The average Bonchev–Trinajstić information content (AvgIpc) is 2.35. The molecule has 17 heavy (non-hydrogen) atoms. The molecule has 2 heteroatoms. The highest BCUT2D eigenvalue weighted by Gasteiger charge is 1.97. The summed E-state index contributed by atoms with van der Waals surface area (Å²) in [4.78, 5) is 0. The van der Waals surface area contributed by atoms with Crippen molar-refractivity contribution in [3.63, 3.8) is 0 Å². The minimum Gasteiger partial charge on any atom is -0.508 e. The van der Waals surface area contributed by atoms with Crippen LogP contribution in [0, 0.1) is 6.92 Å². The van der Waals surface area contributed by atoms with Gasteiger partial charge in [0.15, 0.2) is 0 Å². The monoisotopic (exact) mass is 227 g/mol. The lowest BCUT2D eigenvalue weighted by Gasteiger charge is -2.08. The van der Waals surface area contributed by atoms with E-state index in [0.29, 0.717) is 5.75 Å². The summed E-state index contributed by atoms with van der Waals surface area (Å²) < 4.78 is 0. The maximum atomic E-state index is 9.42. The van der Waals surface area contributed by atoms with Crippen LogP contribution in [0.25, 0.3) is 0 Å². The molecule has 0 aromatic heterocycles. The van der Waals surface area contributed by atoms with E-state index in [4.69, 9.17) is 0 Å². The molecule has 0 spiro atoms. The first-order chi connectivity index (χ1) is 8.25. The molecule has 2 nitrogen and oxygen atoms in total. The van der Waals surface area contributed by atoms with Crippen LogP contribution in [-0.4, -0.2) is 11.7 Å². The summed E-state index contributed by atoms with van der Waals surface area (Å²) >= 11 is 0. The fourth-order valence-electron chi connectivity index (χ4n) is 1.76. The molecule has 0 saturated heterocycles. The number of hydrogen-bond donors (Lipinski definition) is 2. The van der Waals surface area contributed by atoms with Crippen LogP contribution >= 0.6 is 0 Å². The predicted octanol–water partition coefficient (Wildman–Crippen LogP) is 3.36. The largest absolute Gasteiger partial charge is 0.508 e. The van der Waals surface area contributed by atoms with E-state index in [1.807, 2.05) is 25.1 Å². The molecule has 0 aliphatic carbocycles. The molecule has 0 radical (unpaired) electrons. The maximum Gasteiger partial charge on any atom is 0.118 e. The van der Waals surface area contributed by atoms with Gasteiger partial charge in [0.25, 0.3) is 0 Å². The number of hydrogen-bond acceptors (Lipinski definition) is 2. The summed E-state index contributed by atoms with van der Waals surface area (Å²) in [5, 5.41) is 12.8. The highest BCUT2D eigenvalue weighted by Crippen LogP contribution is 2.19. The van der Waals surface area contributed by atoms with Gasteiger partial charge >= 0.3 is 0 Å². The Morgan fingerprint density at radius 2 is 1.82 bits per heavy atom. The minimum atomic E-state index is 0.346. The maximum absolute atomic E-state index is 9.42. The first-order valence-electron chi connectivity index (χ1n) is 5.83. The SMILES string of the molecule is Cc1cc(NCCc2ccccc2)ccc1O. The van der Waals surface area contributed by atoms with Gasteiger partial charge in [-0.15, -0.1) is 0 Å². The van der Waals surface area contributed by atoms with Gasteiger partial charge in [-0.3, -0.25) is 0 Å². The Labute approximate surface area is 102 Å². The van der Waals surface area contributed by atoms with Crippen LogP contribution in [0.3, 0.4) is 0 Å². The van der Waals surface area contributed by atoms with E-state index in [1.165, 1.54) is 5.56 Å². The van der Waals surface area contributed by atoms with Gasteiger partial charge in [0.1, 0.15) is 5.75 Å². The van der Waals surface area contributed by atoms with E-state index >= 15 is 0 Å². The van der Waals surface area contributed by atoms with Gasteiger partial charge in [0, 0.05) is 12.2 Å². The quantitative estimate of drug-likeness (QED) is 0.785. The topological polar surface area (TPSA) is 32.3 Å². The number of rotatable bonds is 4. The highest BCUT2D eigenvalue weighted by atomic mass is 16.3. The molecule has 0 amide bonds. The number of phenols is 1. The van der Waals surface area contributed by atoms with Crippen LogP contribution in [-0.2, 0) is 6.42 Å². The second kappa shape index (κ2) is 5.39. The molecule has 0 unspecified atom stereocenters. The van der Waals surface area contributed by atoms with Crippen LogP contribution in [0.2, 0.25) is 0 Å². The van der Waals surface area contributed by atoms with E-state index in [2.05, 4.69) is 29.6 Å². The van der Waals surface area contributed by atoms with Crippen molar-refractivity contribution in [2.75, 3.05) is 11.9 Å². The summed E-state index contributed by atoms with van der Waals surface area (Å²) in [6.07, 6.45) is 1.00. The lowest BCUT2D eigenvalue weighted by molar-refractivity contribution is 0.471. The first-order valence-corrected chi connectivity index (χ1v) is 5.83. The molecule has 0 atom stereocenters. The summed E-state index contributed by atoms with van der Waals surface area (Å²) in [7, 11) is 0. The van der Waals surface area contributed by atoms with Crippen LogP contribution in [0.4, 0.5) is 5.69 Å². The van der Waals surface area contributed by atoms with Crippen LogP contribution in [0.1, 0.15) is 11.1 Å². The zero-order chi connectivity index (χ0) is 12.1. The van der Waals surface area contributed by atoms with E-state index in [0.717, 1.165) is 24.2 Å². The number of benzene rings is 2. The normalized spacial score (nSPS) is 10.2. The molecule has 0 saturated carbocycles. The Bertz CT molecular complexity index is 480. The molecule has 0 bridgehead atoms. The molecule has 0 aliphatic heterocycles. The summed E-state index contributed by atoms with van der Waals surface area (Å²) in [5.41, 5.74) is 3.28. The third-order valence-corrected chi connectivity index (χ3v) is 2.78. The van der Waals surface area contributed by atoms with E-state index < -0.39 is 0 Å². The fourth-order valence-corrected chi connectivity index (χ4v) is 1.76. The number of anilines is 1. The minimum absolute atomic E-state index is 0.346. The molecule has 2 aromatic rings. The smallest absolute Gasteiger partial charge is 0.118 e. The van der Waals surface area contributed by atoms with Crippen LogP contribution in [0.15, 0.2) is 48.5 Å². The van der Waals surface area contributed by atoms with Gasteiger partial charge in [0.2, 0.25) is 0 Å². The summed E-state index contributed by atoms with van der Waals surface area (Å²) in [5.74, 6) is 0.346. The Morgan fingerprint density at radius 3 is 2.53 bits per heavy atom. The predicted molar refractivity (Wildman–Crippen MR) is 71.5 cm³/mol.